The molecule has 1 unspecified atom stereocenters. The van der Waals surface area contributed by atoms with E-state index in [-0.39, 0.29) is 6.04 Å². The van der Waals surface area contributed by atoms with Crippen molar-refractivity contribution in [3.8, 4) is 0 Å². The molecule has 2 aromatic rings. The minimum atomic E-state index is -0.165. The molecule has 0 aliphatic heterocycles. The SMILES string of the molecule is CCn1cc(C(N)c2cc(Br)ccc2Br)cn1. The van der Waals surface area contributed by atoms with Crippen molar-refractivity contribution >= 4 is 31.9 Å². The zero-order chi connectivity index (χ0) is 12.4. The van der Waals surface area contributed by atoms with Crippen LogP contribution in [0.5, 0.6) is 0 Å². The maximum Gasteiger partial charge on any atom is 0.0594 e. The zero-order valence-corrected chi connectivity index (χ0v) is 12.6. The van der Waals surface area contributed by atoms with Crippen LogP contribution < -0.4 is 5.73 Å². The van der Waals surface area contributed by atoms with Crippen LogP contribution in [0.15, 0.2) is 39.5 Å². The quantitative estimate of drug-likeness (QED) is 0.912. The van der Waals surface area contributed by atoms with Crippen molar-refractivity contribution in [1.82, 2.24) is 9.78 Å². The van der Waals surface area contributed by atoms with Gasteiger partial charge < -0.3 is 5.73 Å². The summed E-state index contributed by atoms with van der Waals surface area (Å²) in [5.74, 6) is 0. The number of nitrogens with zero attached hydrogens (tertiary/aromatic N) is 2. The third-order valence-electron chi connectivity index (χ3n) is 2.63. The monoisotopic (exact) mass is 357 g/mol. The molecular formula is C12H13Br2N3. The first-order valence-corrected chi connectivity index (χ1v) is 6.93. The number of rotatable bonds is 3. The number of aromatic nitrogens is 2. The largest absolute Gasteiger partial charge is 0.320 e. The van der Waals surface area contributed by atoms with Gasteiger partial charge in [-0.05, 0) is 30.7 Å². The Labute approximate surface area is 117 Å². The summed E-state index contributed by atoms with van der Waals surface area (Å²) in [6.45, 7) is 2.91. The number of benzene rings is 1. The van der Waals surface area contributed by atoms with Crippen LogP contribution in [0.4, 0.5) is 0 Å². The fourth-order valence-corrected chi connectivity index (χ4v) is 2.52. The minimum absolute atomic E-state index is 0.165. The Morgan fingerprint density at radius 3 is 2.82 bits per heavy atom. The second-order valence-corrected chi connectivity index (χ2v) is 5.54. The number of aryl methyl sites for hydroxylation is 1. The lowest BCUT2D eigenvalue weighted by molar-refractivity contribution is 0.658. The molecule has 5 heteroatoms. The van der Waals surface area contributed by atoms with E-state index in [1.54, 1.807) is 0 Å². The molecule has 1 aromatic carbocycles. The van der Waals surface area contributed by atoms with Gasteiger partial charge in [-0.2, -0.15) is 5.10 Å². The molecule has 0 saturated heterocycles. The summed E-state index contributed by atoms with van der Waals surface area (Å²) in [6.07, 6.45) is 3.81. The van der Waals surface area contributed by atoms with E-state index >= 15 is 0 Å². The first kappa shape index (κ1) is 12.8. The molecule has 2 N–H and O–H groups in total. The summed E-state index contributed by atoms with van der Waals surface area (Å²) in [4.78, 5) is 0. The lowest BCUT2D eigenvalue weighted by atomic mass is 10.0. The van der Waals surface area contributed by atoms with Crippen molar-refractivity contribution in [2.75, 3.05) is 0 Å². The smallest absolute Gasteiger partial charge is 0.0594 e. The molecule has 1 heterocycles. The summed E-state index contributed by atoms with van der Waals surface area (Å²) in [5.41, 5.74) is 8.32. The average molecular weight is 359 g/mol. The van der Waals surface area contributed by atoms with Crippen molar-refractivity contribution in [1.29, 1.82) is 0 Å². The van der Waals surface area contributed by atoms with Gasteiger partial charge in [0.15, 0.2) is 0 Å². The Kier molecular flexibility index (Phi) is 4.01. The summed E-state index contributed by atoms with van der Waals surface area (Å²) >= 11 is 6.98. The van der Waals surface area contributed by atoms with Crippen molar-refractivity contribution in [3.63, 3.8) is 0 Å². The van der Waals surface area contributed by atoms with Gasteiger partial charge in [-0.15, -0.1) is 0 Å². The van der Waals surface area contributed by atoms with Gasteiger partial charge in [0.25, 0.3) is 0 Å². The fraction of sp³-hybridized carbons (Fsp3) is 0.250. The molecule has 2 rings (SSSR count). The van der Waals surface area contributed by atoms with Crippen LogP contribution in [-0.4, -0.2) is 9.78 Å². The molecule has 0 bridgehead atoms. The molecule has 0 fully saturated rings. The number of halogens is 2. The van der Waals surface area contributed by atoms with Crippen molar-refractivity contribution < 1.29 is 0 Å². The normalized spacial score (nSPS) is 12.7. The van der Waals surface area contributed by atoms with Crippen LogP contribution >= 0.6 is 31.9 Å². The van der Waals surface area contributed by atoms with E-state index in [1.165, 1.54) is 0 Å². The van der Waals surface area contributed by atoms with E-state index in [9.17, 15) is 0 Å². The second-order valence-electron chi connectivity index (χ2n) is 3.77. The Morgan fingerprint density at radius 2 is 2.18 bits per heavy atom. The molecule has 0 spiro atoms. The minimum Gasteiger partial charge on any atom is -0.320 e. The molecule has 0 aliphatic carbocycles. The molecule has 17 heavy (non-hydrogen) atoms. The van der Waals surface area contributed by atoms with Crippen molar-refractivity contribution in [3.05, 3.63) is 50.7 Å². The van der Waals surface area contributed by atoms with Crippen LogP contribution in [-0.2, 0) is 6.54 Å². The molecule has 3 nitrogen and oxygen atoms in total. The molecular weight excluding hydrogens is 346 g/mol. The van der Waals surface area contributed by atoms with E-state index in [4.69, 9.17) is 5.73 Å². The third kappa shape index (κ3) is 2.78. The van der Waals surface area contributed by atoms with Gasteiger partial charge in [0.2, 0.25) is 0 Å². The molecule has 0 amide bonds. The molecule has 0 saturated carbocycles. The van der Waals surface area contributed by atoms with Crippen LogP contribution in [0, 0.1) is 0 Å². The lowest BCUT2D eigenvalue weighted by Crippen LogP contribution is -2.11. The highest BCUT2D eigenvalue weighted by molar-refractivity contribution is 9.11. The first-order chi connectivity index (χ1) is 8.11. The van der Waals surface area contributed by atoms with Crippen LogP contribution in [0.1, 0.15) is 24.1 Å². The predicted octanol–water partition coefficient (Wildman–Crippen LogP) is 3.48. The van der Waals surface area contributed by atoms with Crippen LogP contribution in [0.25, 0.3) is 0 Å². The summed E-state index contributed by atoms with van der Waals surface area (Å²) in [5, 5.41) is 4.24. The van der Waals surface area contributed by atoms with E-state index in [1.807, 2.05) is 35.3 Å². The predicted molar refractivity (Wildman–Crippen MR) is 75.8 cm³/mol. The van der Waals surface area contributed by atoms with Gasteiger partial charge in [-0.1, -0.05) is 31.9 Å². The van der Waals surface area contributed by atoms with Gasteiger partial charge in [0.05, 0.1) is 12.2 Å². The van der Waals surface area contributed by atoms with Crippen molar-refractivity contribution in [2.45, 2.75) is 19.5 Å². The second kappa shape index (κ2) is 5.33. The Balaban J connectivity index is 2.35. The highest BCUT2D eigenvalue weighted by Crippen LogP contribution is 2.29. The summed E-state index contributed by atoms with van der Waals surface area (Å²) in [6, 6.07) is 5.83. The maximum atomic E-state index is 6.25. The Morgan fingerprint density at radius 1 is 1.41 bits per heavy atom. The highest BCUT2D eigenvalue weighted by Gasteiger charge is 2.14. The number of nitrogens with two attached hydrogens (primary N) is 1. The Bertz CT molecular complexity index is 522. The van der Waals surface area contributed by atoms with Crippen LogP contribution in [0.2, 0.25) is 0 Å². The van der Waals surface area contributed by atoms with E-state index in [0.717, 1.165) is 26.6 Å². The molecule has 1 atom stereocenters. The van der Waals surface area contributed by atoms with E-state index in [0.29, 0.717) is 0 Å². The topological polar surface area (TPSA) is 43.8 Å². The summed E-state index contributed by atoms with van der Waals surface area (Å²) in [7, 11) is 0. The third-order valence-corrected chi connectivity index (χ3v) is 3.84. The molecule has 0 radical (unpaired) electrons. The maximum absolute atomic E-state index is 6.25. The van der Waals surface area contributed by atoms with Gasteiger partial charge in [-0.3, -0.25) is 4.68 Å². The number of hydrogen-bond acceptors (Lipinski definition) is 2. The molecule has 1 aromatic heterocycles. The summed E-state index contributed by atoms with van der Waals surface area (Å²) < 4.78 is 3.91. The van der Waals surface area contributed by atoms with Gasteiger partial charge in [-0.25, -0.2) is 0 Å². The van der Waals surface area contributed by atoms with Gasteiger partial charge in [0, 0.05) is 27.3 Å². The van der Waals surface area contributed by atoms with E-state index in [2.05, 4.69) is 43.9 Å². The zero-order valence-electron chi connectivity index (χ0n) is 9.40. The molecule has 90 valence electrons. The van der Waals surface area contributed by atoms with Crippen molar-refractivity contribution in [2.24, 2.45) is 5.73 Å². The van der Waals surface area contributed by atoms with Crippen LogP contribution in [0.3, 0.4) is 0 Å². The fourth-order valence-electron chi connectivity index (χ4n) is 1.65. The highest BCUT2D eigenvalue weighted by atomic mass is 79.9. The average Bonchev–Trinajstić information content (AvgIpc) is 2.80. The van der Waals surface area contributed by atoms with Gasteiger partial charge >= 0.3 is 0 Å². The van der Waals surface area contributed by atoms with E-state index < -0.39 is 0 Å². The first-order valence-electron chi connectivity index (χ1n) is 5.34. The molecule has 0 aliphatic rings. The Hall–Kier alpha value is -0.650. The standard InChI is InChI=1S/C12H13Br2N3/c1-2-17-7-8(6-16-17)12(15)10-5-9(13)3-4-11(10)14/h3-7,12H,2,15H2,1H3. The van der Waals surface area contributed by atoms with Gasteiger partial charge in [0.1, 0.15) is 0 Å². The number of hydrogen-bond donors (Lipinski definition) is 1. The lowest BCUT2D eigenvalue weighted by Gasteiger charge is -2.12.